The molecule has 0 aliphatic rings. The van der Waals surface area contributed by atoms with Gasteiger partial charge in [0.1, 0.15) is 11.5 Å². The number of carbonyl (C=O) groups excluding carboxylic acids is 1. The molecule has 128 valence electrons. The fraction of sp³-hybridized carbons (Fsp3) is 0.350. The number of esters is 1. The highest BCUT2D eigenvalue weighted by atomic mass is 16.5. The van der Waals surface area contributed by atoms with E-state index in [0.29, 0.717) is 19.4 Å². The van der Waals surface area contributed by atoms with Crippen molar-refractivity contribution in [3.63, 3.8) is 0 Å². The molecule has 0 radical (unpaired) electrons. The Morgan fingerprint density at radius 3 is 1.79 bits per heavy atom. The molecule has 2 rings (SSSR count). The van der Waals surface area contributed by atoms with Crippen LogP contribution in [0.5, 0.6) is 11.5 Å². The minimum Gasteiger partial charge on any atom is -0.497 e. The average molecular weight is 328 g/mol. The Kier molecular flexibility index (Phi) is 7.15. The number of rotatable bonds is 9. The minimum atomic E-state index is -0.142. The Morgan fingerprint density at radius 1 is 0.792 bits per heavy atom. The van der Waals surface area contributed by atoms with Gasteiger partial charge >= 0.3 is 5.97 Å². The van der Waals surface area contributed by atoms with Crippen LogP contribution >= 0.6 is 0 Å². The summed E-state index contributed by atoms with van der Waals surface area (Å²) in [5.41, 5.74) is 2.32. The van der Waals surface area contributed by atoms with E-state index in [0.717, 1.165) is 29.9 Å². The summed E-state index contributed by atoms with van der Waals surface area (Å²) in [6.07, 6.45) is 2.80. The summed E-state index contributed by atoms with van der Waals surface area (Å²) in [6.45, 7) is 0.410. The van der Waals surface area contributed by atoms with Gasteiger partial charge in [-0.1, -0.05) is 24.3 Å². The third-order valence-electron chi connectivity index (χ3n) is 3.82. The van der Waals surface area contributed by atoms with Crippen molar-refractivity contribution in [3.8, 4) is 11.5 Å². The van der Waals surface area contributed by atoms with Crippen LogP contribution in [0.1, 0.15) is 24.0 Å². The highest BCUT2D eigenvalue weighted by molar-refractivity contribution is 5.69. The average Bonchev–Trinajstić information content (AvgIpc) is 2.63. The molecular formula is C20H24O4. The van der Waals surface area contributed by atoms with Crippen molar-refractivity contribution in [1.82, 2.24) is 0 Å². The lowest BCUT2D eigenvalue weighted by Crippen LogP contribution is -2.08. The fourth-order valence-corrected chi connectivity index (χ4v) is 2.38. The second-order valence-electron chi connectivity index (χ2n) is 5.52. The second kappa shape index (κ2) is 9.60. The Morgan fingerprint density at radius 2 is 1.29 bits per heavy atom. The fourth-order valence-electron chi connectivity index (χ4n) is 2.38. The maximum atomic E-state index is 11.8. The zero-order valence-corrected chi connectivity index (χ0v) is 14.3. The zero-order chi connectivity index (χ0) is 17.2. The third-order valence-corrected chi connectivity index (χ3v) is 3.82. The molecule has 0 saturated heterocycles. The summed E-state index contributed by atoms with van der Waals surface area (Å²) in [7, 11) is 3.29. The summed E-state index contributed by atoms with van der Waals surface area (Å²) < 4.78 is 15.5. The topological polar surface area (TPSA) is 44.8 Å². The quantitative estimate of drug-likeness (QED) is 0.657. The van der Waals surface area contributed by atoms with Crippen LogP contribution in [0.15, 0.2) is 48.5 Å². The van der Waals surface area contributed by atoms with Crippen LogP contribution < -0.4 is 9.47 Å². The molecule has 4 nitrogen and oxygen atoms in total. The van der Waals surface area contributed by atoms with Gasteiger partial charge in [-0.15, -0.1) is 0 Å². The maximum absolute atomic E-state index is 11.8. The molecule has 0 aliphatic carbocycles. The molecule has 0 N–H and O–H groups in total. The van der Waals surface area contributed by atoms with E-state index in [9.17, 15) is 4.79 Å². The van der Waals surface area contributed by atoms with Gasteiger partial charge in [0.15, 0.2) is 0 Å². The van der Waals surface area contributed by atoms with Gasteiger partial charge in [0.05, 0.1) is 20.8 Å². The molecule has 0 aliphatic heterocycles. The van der Waals surface area contributed by atoms with Crippen LogP contribution in [-0.2, 0) is 22.4 Å². The largest absolute Gasteiger partial charge is 0.497 e. The van der Waals surface area contributed by atoms with Crippen molar-refractivity contribution in [2.75, 3.05) is 20.8 Å². The summed E-state index contributed by atoms with van der Waals surface area (Å²) in [5, 5.41) is 0. The second-order valence-corrected chi connectivity index (χ2v) is 5.52. The van der Waals surface area contributed by atoms with E-state index in [1.807, 2.05) is 48.5 Å². The SMILES string of the molecule is COc1ccc(CCCC(=O)OCCc2ccc(OC)cc2)cc1. The standard InChI is InChI=1S/C20H24O4/c1-22-18-10-6-16(7-11-18)4-3-5-20(21)24-15-14-17-8-12-19(23-2)13-9-17/h6-13H,3-5,14-15H2,1-2H3. The lowest BCUT2D eigenvalue weighted by Gasteiger charge is -2.06. The summed E-state index contributed by atoms with van der Waals surface area (Å²) in [4.78, 5) is 11.8. The molecule has 0 heterocycles. The first-order chi connectivity index (χ1) is 11.7. The monoisotopic (exact) mass is 328 g/mol. The molecule has 0 amide bonds. The van der Waals surface area contributed by atoms with E-state index in [1.165, 1.54) is 5.56 Å². The molecule has 24 heavy (non-hydrogen) atoms. The number of hydrogen-bond acceptors (Lipinski definition) is 4. The molecule has 0 aromatic heterocycles. The number of benzene rings is 2. The van der Waals surface area contributed by atoms with Crippen LogP contribution in [0, 0.1) is 0 Å². The third kappa shape index (κ3) is 5.95. The summed E-state index contributed by atoms with van der Waals surface area (Å²) in [5.74, 6) is 1.53. The number of ether oxygens (including phenoxy) is 3. The number of carbonyl (C=O) groups is 1. The predicted octanol–water partition coefficient (Wildman–Crippen LogP) is 3.81. The number of hydrogen-bond donors (Lipinski definition) is 0. The minimum absolute atomic E-state index is 0.142. The Hall–Kier alpha value is -2.49. The van der Waals surface area contributed by atoms with Crippen molar-refractivity contribution in [1.29, 1.82) is 0 Å². The van der Waals surface area contributed by atoms with Crippen molar-refractivity contribution in [2.45, 2.75) is 25.7 Å². The van der Waals surface area contributed by atoms with Gasteiger partial charge < -0.3 is 14.2 Å². The molecule has 0 spiro atoms. The van der Waals surface area contributed by atoms with Crippen molar-refractivity contribution in [2.24, 2.45) is 0 Å². The van der Waals surface area contributed by atoms with Crippen LogP contribution in [0.2, 0.25) is 0 Å². The lowest BCUT2D eigenvalue weighted by atomic mass is 10.1. The predicted molar refractivity (Wildman–Crippen MR) is 93.6 cm³/mol. The van der Waals surface area contributed by atoms with E-state index in [-0.39, 0.29) is 5.97 Å². The molecular weight excluding hydrogens is 304 g/mol. The Bertz CT molecular complexity index is 562. The summed E-state index contributed by atoms with van der Waals surface area (Å²) in [6, 6.07) is 15.7. The highest BCUT2D eigenvalue weighted by Gasteiger charge is 2.04. The van der Waals surface area contributed by atoms with E-state index in [1.54, 1.807) is 14.2 Å². The maximum Gasteiger partial charge on any atom is 0.305 e. The molecule has 0 bridgehead atoms. The van der Waals surface area contributed by atoms with Gasteiger partial charge in [-0.05, 0) is 48.2 Å². The van der Waals surface area contributed by atoms with Crippen molar-refractivity contribution < 1.29 is 19.0 Å². The van der Waals surface area contributed by atoms with E-state index in [2.05, 4.69) is 0 Å². The van der Waals surface area contributed by atoms with E-state index < -0.39 is 0 Å². The molecule has 0 atom stereocenters. The van der Waals surface area contributed by atoms with Gasteiger partial charge in [-0.3, -0.25) is 4.79 Å². The Labute approximate surface area is 143 Å². The van der Waals surface area contributed by atoms with E-state index in [4.69, 9.17) is 14.2 Å². The molecule has 0 saturated carbocycles. The van der Waals surface area contributed by atoms with Gasteiger partial charge in [-0.2, -0.15) is 0 Å². The molecule has 2 aromatic carbocycles. The molecule has 2 aromatic rings. The first-order valence-electron chi connectivity index (χ1n) is 8.13. The summed E-state index contributed by atoms with van der Waals surface area (Å²) >= 11 is 0. The number of aryl methyl sites for hydroxylation is 1. The Balaban J connectivity index is 1.62. The smallest absolute Gasteiger partial charge is 0.305 e. The zero-order valence-electron chi connectivity index (χ0n) is 14.3. The van der Waals surface area contributed by atoms with Crippen LogP contribution in [-0.4, -0.2) is 26.8 Å². The highest BCUT2D eigenvalue weighted by Crippen LogP contribution is 2.14. The lowest BCUT2D eigenvalue weighted by molar-refractivity contribution is -0.143. The van der Waals surface area contributed by atoms with E-state index >= 15 is 0 Å². The van der Waals surface area contributed by atoms with Crippen LogP contribution in [0.25, 0.3) is 0 Å². The van der Waals surface area contributed by atoms with Crippen LogP contribution in [0.3, 0.4) is 0 Å². The van der Waals surface area contributed by atoms with Gasteiger partial charge in [0.2, 0.25) is 0 Å². The molecule has 0 fully saturated rings. The first kappa shape index (κ1) is 17.9. The first-order valence-corrected chi connectivity index (χ1v) is 8.13. The van der Waals surface area contributed by atoms with Crippen molar-refractivity contribution >= 4 is 5.97 Å². The van der Waals surface area contributed by atoms with Gasteiger partial charge in [0.25, 0.3) is 0 Å². The van der Waals surface area contributed by atoms with Gasteiger partial charge in [-0.25, -0.2) is 0 Å². The normalized spacial score (nSPS) is 10.2. The van der Waals surface area contributed by atoms with Gasteiger partial charge in [0, 0.05) is 12.8 Å². The van der Waals surface area contributed by atoms with Crippen LogP contribution in [0.4, 0.5) is 0 Å². The van der Waals surface area contributed by atoms with Crippen molar-refractivity contribution in [3.05, 3.63) is 59.7 Å². The molecule has 4 heteroatoms. The molecule has 0 unspecified atom stereocenters. The number of methoxy groups -OCH3 is 2.